The van der Waals surface area contributed by atoms with E-state index in [1.807, 2.05) is 50.2 Å². The Balaban J connectivity index is 1.80. The first-order valence-electron chi connectivity index (χ1n) is 12.2. The number of hydrogen-bond donors (Lipinski definition) is 1. The van der Waals surface area contributed by atoms with Crippen LogP contribution < -0.4 is 10.2 Å². The van der Waals surface area contributed by atoms with Gasteiger partial charge in [0, 0.05) is 17.2 Å². The second-order valence-corrected chi connectivity index (χ2v) is 10.4. The third-order valence-electron chi connectivity index (χ3n) is 6.11. The summed E-state index contributed by atoms with van der Waals surface area (Å²) in [4.78, 5) is 27.9. The van der Waals surface area contributed by atoms with E-state index in [4.69, 9.17) is 5.10 Å². The zero-order valence-electron chi connectivity index (χ0n) is 20.9. The van der Waals surface area contributed by atoms with Crippen molar-refractivity contribution in [3.05, 3.63) is 102 Å². The average Bonchev–Trinajstić information content (AvgIpc) is 3.21. The molecule has 1 atom stereocenters. The van der Waals surface area contributed by atoms with Crippen LogP contribution in [0.4, 0.5) is 14.6 Å². The molecule has 0 unspecified atom stereocenters. The van der Waals surface area contributed by atoms with E-state index in [1.165, 1.54) is 40.9 Å². The second kappa shape index (κ2) is 10.8. The van der Waals surface area contributed by atoms with Crippen LogP contribution in [0, 0.1) is 11.6 Å². The van der Waals surface area contributed by atoms with Crippen molar-refractivity contribution in [2.75, 3.05) is 17.2 Å². The van der Waals surface area contributed by atoms with Crippen LogP contribution in [0.3, 0.4) is 0 Å². The fraction of sp³-hybridized carbons (Fsp3) is 0.207. The van der Waals surface area contributed by atoms with E-state index in [2.05, 4.69) is 5.32 Å². The van der Waals surface area contributed by atoms with Crippen molar-refractivity contribution in [1.29, 1.82) is 0 Å². The predicted molar refractivity (Wildman–Crippen MR) is 145 cm³/mol. The summed E-state index contributed by atoms with van der Waals surface area (Å²) >= 11 is 1.36. The summed E-state index contributed by atoms with van der Waals surface area (Å²) < 4.78 is 29.8. The van der Waals surface area contributed by atoms with Gasteiger partial charge in [0.1, 0.15) is 24.0 Å². The minimum absolute atomic E-state index is 0.0719. The number of carbonyl (C=O) groups excluding carboxylic acids is 2. The lowest BCUT2D eigenvalue weighted by Gasteiger charge is -2.23. The van der Waals surface area contributed by atoms with Crippen molar-refractivity contribution >= 4 is 29.4 Å². The number of amides is 2. The van der Waals surface area contributed by atoms with Crippen molar-refractivity contribution < 1.29 is 18.4 Å². The molecule has 0 fully saturated rings. The molecular formula is C29H26F2N4O2S. The van der Waals surface area contributed by atoms with Crippen molar-refractivity contribution in [3.63, 3.8) is 0 Å². The van der Waals surface area contributed by atoms with E-state index in [9.17, 15) is 18.4 Å². The number of rotatable bonds is 6. The van der Waals surface area contributed by atoms with Crippen LogP contribution in [0.2, 0.25) is 0 Å². The lowest BCUT2D eigenvalue weighted by atomic mass is 9.99. The highest BCUT2D eigenvalue weighted by Gasteiger charge is 2.37. The summed E-state index contributed by atoms with van der Waals surface area (Å²) in [6.45, 7) is 3.47. The summed E-state index contributed by atoms with van der Waals surface area (Å²) in [5.74, 6) is -0.923. The van der Waals surface area contributed by atoms with Gasteiger partial charge in [-0.15, -0.1) is 11.8 Å². The molecule has 0 spiro atoms. The number of anilines is 1. The normalized spacial score (nSPS) is 15.3. The topological polar surface area (TPSA) is 67.2 Å². The number of halogens is 2. The van der Waals surface area contributed by atoms with Gasteiger partial charge in [-0.3, -0.25) is 14.5 Å². The van der Waals surface area contributed by atoms with Gasteiger partial charge in [-0.2, -0.15) is 5.10 Å². The van der Waals surface area contributed by atoms with Gasteiger partial charge in [-0.1, -0.05) is 42.5 Å². The zero-order valence-corrected chi connectivity index (χ0v) is 21.7. The van der Waals surface area contributed by atoms with E-state index in [0.717, 1.165) is 5.56 Å². The third-order valence-corrected chi connectivity index (χ3v) is 7.37. The lowest BCUT2D eigenvalue weighted by molar-refractivity contribution is -0.123. The van der Waals surface area contributed by atoms with E-state index in [0.29, 0.717) is 28.3 Å². The third kappa shape index (κ3) is 5.19. The number of nitrogens with zero attached hydrogens (tertiary/aromatic N) is 3. The average molecular weight is 533 g/mol. The second-order valence-electron chi connectivity index (χ2n) is 9.29. The molecule has 194 valence electrons. The molecule has 3 aromatic carbocycles. The monoisotopic (exact) mass is 532 g/mol. The van der Waals surface area contributed by atoms with Gasteiger partial charge in [0.05, 0.1) is 22.4 Å². The summed E-state index contributed by atoms with van der Waals surface area (Å²) in [7, 11) is 0. The van der Waals surface area contributed by atoms with E-state index >= 15 is 0 Å². The van der Waals surface area contributed by atoms with Gasteiger partial charge in [0.2, 0.25) is 11.8 Å². The van der Waals surface area contributed by atoms with Gasteiger partial charge < -0.3 is 5.32 Å². The predicted octanol–water partition coefficient (Wildman–Crippen LogP) is 5.51. The fourth-order valence-electron chi connectivity index (χ4n) is 4.53. The molecule has 1 N–H and O–H groups in total. The summed E-state index contributed by atoms with van der Waals surface area (Å²) in [6.07, 6.45) is 0. The largest absolute Gasteiger partial charge is 0.352 e. The van der Waals surface area contributed by atoms with Crippen molar-refractivity contribution in [2.24, 2.45) is 0 Å². The van der Waals surface area contributed by atoms with Gasteiger partial charge in [0.15, 0.2) is 0 Å². The molecule has 5 rings (SSSR count). The van der Waals surface area contributed by atoms with Crippen LogP contribution in [0.15, 0.2) is 78.9 Å². The Bertz CT molecular complexity index is 1470. The van der Waals surface area contributed by atoms with Gasteiger partial charge >= 0.3 is 0 Å². The first-order chi connectivity index (χ1) is 18.3. The molecule has 4 aromatic rings. The highest BCUT2D eigenvalue weighted by molar-refractivity contribution is 8.00. The van der Waals surface area contributed by atoms with Crippen molar-refractivity contribution in [3.8, 4) is 16.9 Å². The van der Waals surface area contributed by atoms with E-state index < -0.39 is 11.1 Å². The van der Waals surface area contributed by atoms with Crippen LogP contribution >= 0.6 is 11.8 Å². The maximum Gasteiger partial charge on any atom is 0.240 e. The number of carbonyl (C=O) groups is 2. The van der Waals surface area contributed by atoms with Crippen molar-refractivity contribution in [2.45, 2.75) is 25.1 Å². The summed E-state index contributed by atoms with van der Waals surface area (Å²) in [5, 5.41) is 7.31. The Hall–Kier alpha value is -3.98. The van der Waals surface area contributed by atoms with E-state index in [-0.39, 0.29) is 36.0 Å². The molecule has 0 radical (unpaired) electrons. The Morgan fingerprint density at radius 2 is 1.76 bits per heavy atom. The van der Waals surface area contributed by atoms with Crippen molar-refractivity contribution in [1.82, 2.24) is 15.1 Å². The molecule has 0 bridgehead atoms. The molecule has 0 aliphatic carbocycles. The van der Waals surface area contributed by atoms with Crippen LogP contribution in [-0.2, 0) is 9.59 Å². The zero-order chi connectivity index (χ0) is 26.8. The van der Waals surface area contributed by atoms with Crippen LogP contribution in [0.5, 0.6) is 0 Å². The minimum Gasteiger partial charge on any atom is -0.352 e. The molecule has 2 heterocycles. The standard InChI is InChI=1S/C29H26F2N4O2S/c1-18(2)32-24(36)16-34-25(37)17-38-28(20-9-6-10-22(31)15-20)26-27(19-7-4-3-5-8-19)33-35(29(26)34)23-13-11-21(30)12-14-23/h3-15,18,28H,16-17H2,1-2H3,(H,32,36)/t28-/m1/s1. The molecular weight excluding hydrogens is 506 g/mol. The first kappa shape index (κ1) is 25.7. The molecule has 6 nitrogen and oxygen atoms in total. The molecule has 38 heavy (non-hydrogen) atoms. The Kier molecular flexibility index (Phi) is 7.28. The molecule has 0 saturated carbocycles. The van der Waals surface area contributed by atoms with Crippen LogP contribution in [-0.4, -0.2) is 39.9 Å². The fourth-order valence-corrected chi connectivity index (χ4v) is 5.72. The molecule has 2 amide bonds. The van der Waals surface area contributed by atoms with Gasteiger partial charge in [0.25, 0.3) is 0 Å². The molecule has 9 heteroatoms. The number of nitrogens with one attached hydrogen (secondary N) is 1. The summed E-state index contributed by atoms with van der Waals surface area (Å²) in [5.41, 5.74) is 3.27. The van der Waals surface area contributed by atoms with E-state index in [1.54, 1.807) is 22.9 Å². The first-order valence-corrected chi connectivity index (χ1v) is 13.3. The maximum absolute atomic E-state index is 14.4. The molecule has 1 aliphatic rings. The number of benzene rings is 3. The number of aromatic nitrogens is 2. The molecule has 1 aromatic heterocycles. The Morgan fingerprint density at radius 1 is 1.03 bits per heavy atom. The maximum atomic E-state index is 14.4. The van der Waals surface area contributed by atoms with Gasteiger partial charge in [-0.25, -0.2) is 13.5 Å². The molecule has 1 aliphatic heterocycles. The van der Waals surface area contributed by atoms with Crippen LogP contribution in [0.1, 0.15) is 30.2 Å². The quantitative estimate of drug-likeness (QED) is 0.356. The van der Waals surface area contributed by atoms with Gasteiger partial charge in [-0.05, 0) is 55.8 Å². The Labute approximate surface area is 223 Å². The Morgan fingerprint density at radius 3 is 2.45 bits per heavy atom. The smallest absolute Gasteiger partial charge is 0.240 e. The lowest BCUT2D eigenvalue weighted by Crippen LogP contribution is -2.44. The minimum atomic E-state index is -0.452. The number of hydrogen-bond acceptors (Lipinski definition) is 4. The highest BCUT2D eigenvalue weighted by atomic mass is 32.2. The van der Waals surface area contributed by atoms with Crippen LogP contribution in [0.25, 0.3) is 16.9 Å². The highest BCUT2D eigenvalue weighted by Crippen LogP contribution is 2.48. The summed E-state index contributed by atoms with van der Waals surface area (Å²) in [6, 6.07) is 21.4. The molecule has 0 saturated heterocycles. The SMILES string of the molecule is CC(C)NC(=O)CN1C(=O)CS[C@H](c2cccc(F)c2)c2c(-c3ccccc3)nn(-c3ccc(F)cc3)c21. The number of thioether (sulfide) groups is 1. The number of fused-ring (bicyclic) bond motifs is 1.